The molecule has 2 rings (SSSR count). The molecule has 0 aromatic carbocycles. The van der Waals surface area contributed by atoms with Gasteiger partial charge in [0.05, 0.1) is 0 Å². The maximum atomic E-state index is 12.2. The monoisotopic (exact) mass is 262 g/mol. The molecular weight excluding hydrogens is 244 g/mol. The lowest BCUT2D eigenvalue weighted by Crippen LogP contribution is -2.54. The second-order valence-corrected chi connectivity index (χ2v) is 5.49. The maximum absolute atomic E-state index is 12.2. The molecule has 2 saturated heterocycles. The van der Waals surface area contributed by atoms with Crippen molar-refractivity contribution in [3.63, 3.8) is 0 Å². The fraction of sp³-hybridized carbons (Fsp3) is 0.500. The summed E-state index contributed by atoms with van der Waals surface area (Å²) in [6, 6.07) is -0.368. The van der Waals surface area contributed by atoms with Crippen LogP contribution in [0.4, 0.5) is 0 Å². The van der Waals surface area contributed by atoms with Crippen molar-refractivity contribution in [1.82, 2.24) is 10.2 Å². The summed E-state index contributed by atoms with van der Waals surface area (Å²) in [7, 11) is 0. The number of amides is 2. The molecule has 2 aliphatic heterocycles. The lowest BCUT2D eigenvalue weighted by atomic mass is 9.87. The number of nitrogens with one attached hydrogen (secondary N) is 1. The van der Waals surface area contributed by atoms with Gasteiger partial charge in [0.25, 0.3) is 5.91 Å². The number of fused-ring (bicyclic) bond motifs is 1. The summed E-state index contributed by atoms with van der Waals surface area (Å²) in [5.74, 6) is -0.716. The average molecular weight is 262 g/mol. The number of rotatable bonds is 3. The van der Waals surface area contributed by atoms with E-state index in [0.717, 1.165) is 6.42 Å². The highest BCUT2D eigenvalue weighted by atomic mass is 16.2. The van der Waals surface area contributed by atoms with Crippen molar-refractivity contribution in [1.29, 1.82) is 0 Å². The van der Waals surface area contributed by atoms with Crippen LogP contribution in [0.2, 0.25) is 0 Å². The normalized spacial score (nSPS) is 25.3. The van der Waals surface area contributed by atoms with Crippen LogP contribution in [0.25, 0.3) is 0 Å². The van der Waals surface area contributed by atoms with Crippen LogP contribution in [0.15, 0.2) is 24.4 Å². The van der Waals surface area contributed by atoms with Gasteiger partial charge < -0.3 is 10.2 Å². The maximum Gasteiger partial charge on any atom is 0.271 e. The minimum atomic E-state index is -0.750. The number of nitrogens with zero attached hydrogens (tertiary/aromatic N) is 1. The van der Waals surface area contributed by atoms with Gasteiger partial charge in [-0.2, -0.15) is 0 Å². The van der Waals surface area contributed by atoms with E-state index < -0.39 is 5.41 Å². The molecule has 2 heterocycles. The Labute approximate surface area is 112 Å². The van der Waals surface area contributed by atoms with Crippen LogP contribution in [0, 0.1) is 5.41 Å². The van der Waals surface area contributed by atoms with E-state index in [1.165, 1.54) is 12.2 Å². The smallest absolute Gasteiger partial charge is 0.271 e. The first-order chi connectivity index (χ1) is 8.86. The van der Waals surface area contributed by atoms with Gasteiger partial charge in [-0.3, -0.25) is 14.4 Å². The molecule has 0 aliphatic carbocycles. The molecule has 102 valence electrons. The Bertz CT molecular complexity index is 491. The number of hydrogen-bond acceptors (Lipinski definition) is 3. The Hall–Kier alpha value is -1.91. The zero-order valence-electron chi connectivity index (χ0n) is 11.2. The van der Waals surface area contributed by atoms with Gasteiger partial charge in [-0.05, 0) is 26.7 Å². The predicted octanol–water partition coefficient (Wildman–Crippen LogP) is 0.772. The second-order valence-electron chi connectivity index (χ2n) is 5.49. The first-order valence-corrected chi connectivity index (χ1v) is 6.38. The summed E-state index contributed by atoms with van der Waals surface area (Å²) >= 11 is 0. The second kappa shape index (κ2) is 4.64. The molecule has 2 amide bonds. The number of allylic oxidation sites excluding steroid dienone is 2. The highest BCUT2D eigenvalue weighted by Crippen LogP contribution is 2.25. The molecule has 0 saturated carbocycles. The predicted molar refractivity (Wildman–Crippen MR) is 69.9 cm³/mol. The standard InChI is InChI=1S/C14H18N2O3/c1-4-14(2,3)11(17)8-9-13(19)16-7-5-6-10(16)12(18)15-9/h4,8,10H,1,5-7H2,2-3H3,(H,15,18)/b9-8-. The summed E-state index contributed by atoms with van der Waals surface area (Å²) in [5, 5.41) is 2.54. The SMILES string of the molecule is C=CC(C)(C)C(=O)/C=C1\NC(=O)C2CCCN2C1=O. The van der Waals surface area contributed by atoms with Crippen molar-refractivity contribution in [3.05, 3.63) is 24.4 Å². The van der Waals surface area contributed by atoms with Gasteiger partial charge in [0.2, 0.25) is 5.91 Å². The van der Waals surface area contributed by atoms with Gasteiger partial charge in [0.15, 0.2) is 5.78 Å². The third kappa shape index (κ3) is 2.32. The van der Waals surface area contributed by atoms with Gasteiger partial charge in [0, 0.05) is 18.0 Å². The first-order valence-electron chi connectivity index (χ1n) is 6.38. The minimum absolute atomic E-state index is 0.0723. The highest BCUT2D eigenvalue weighted by Gasteiger charge is 2.41. The molecule has 19 heavy (non-hydrogen) atoms. The zero-order chi connectivity index (χ0) is 14.2. The molecule has 0 aromatic rings. The lowest BCUT2D eigenvalue weighted by molar-refractivity contribution is -0.140. The fourth-order valence-electron chi connectivity index (χ4n) is 2.22. The minimum Gasteiger partial charge on any atom is -0.325 e. The largest absolute Gasteiger partial charge is 0.325 e. The van der Waals surface area contributed by atoms with Gasteiger partial charge in [-0.1, -0.05) is 6.08 Å². The van der Waals surface area contributed by atoms with E-state index in [4.69, 9.17) is 0 Å². The average Bonchev–Trinajstić information content (AvgIpc) is 2.85. The number of carbonyl (C=O) groups excluding carboxylic acids is 3. The van der Waals surface area contributed by atoms with Crippen LogP contribution in [0.3, 0.4) is 0 Å². The van der Waals surface area contributed by atoms with Crippen LogP contribution in [0.1, 0.15) is 26.7 Å². The number of ketones is 1. The summed E-state index contributed by atoms with van der Waals surface area (Å²) in [4.78, 5) is 37.6. The van der Waals surface area contributed by atoms with Gasteiger partial charge in [-0.25, -0.2) is 0 Å². The third-order valence-corrected chi connectivity index (χ3v) is 3.73. The lowest BCUT2D eigenvalue weighted by Gasteiger charge is -2.30. The molecule has 0 aromatic heterocycles. The molecule has 2 aliphatic rings. The van der Waals surface area contributed by atoms with Gasteiger partial charge in [-0.15, -0.1) is 6.58 Å². The Morgan fingerprint density at radius 1 is 1.47 bits per heavy atom. The quantitative estimate of drug-likeness (QED) is 0.603. The van der Waals surface area contributed by atoms with E-state index in [1.54, 1.807) is 18.7 Å². The molecule has 1 N–H and O–H groups in total. The molecule has 5 nitrogen and oxygen atoms in total. The van der Waals surface area contributed by atoms with Crippen LogP contribution >= 0.6 is 0 Å². The first kappa shape index (κ1) is 13.5. The summed E-state index contributed by atoms with van der Waals surface area (Å²) in [6.07, 6.45) is 4.26. The molecule has 1 unspecified atom stereocenters. The molecule has 5 heteroatoms. The number of hydrogen-bond donors (Lipinski definition) is 1. The Kier molecular flexibility index (Phi) is 3.30. The van der Waals surface area contributed by atoms with Gasteiger partial charge in [0.1, 0.15) is 11.7 Å². The summed E-state index contributed by atoms with van der Waals surface area (Å²) in [5.41, 5.74) is -0.678. The van der Waals surface area contributed by atoms with Crippen LogP contribution in [-0.2, 0) is 14.4 Å². The van der Waals surface area contributed by atoms with E-state index in [9.17, 15) is 14.4 Å². The van der Waals surface area contributed by atoms with Crippen LogP contribution in [0.5, 0.6) is 0 Å². The van der Waals surface area contributed by atoms with Crippen LogP contribution in [-0.4, -0.2) is 35.1 Å². The van der Waals surface area contributed by atoms with Gasteiger partial charge >= 0.3 is 0 Å². The fourth-order valence-corrected chi connectivity index (χ4v) is 2.22. The Morgan fingerprint density at radius 3 is 2.79 bits per heavy atom. The summed E-state index contributed by atoms with van der Waals surface area (Å²) < 4.78 is 0. The molecule has 0 spiro atoms. The van der Waals surface area contributed by atoms with Crippen molar-refractivity contribution in [2.45, 2.75) is 32.7 Å². The van der Waals surface area contributed by atoms with E-state index >= 15 is 0 Å². The molecule has 2 fully saturated rings. The summed E-state index contributed by atoms with van der Waals surface area (Å²) in [6.45, 7) is 7.61. The van der Waals surface area contributed by atoms with Crippen molar-refractivity contribution in [2.75, 3.05) is 6.54 Å². The Balaban J connectivity index is 2.26. The highest BCUT2D eigenvalue weighted by molar-refractivity contribution is 6.09. The van der Waals surface area contributed by atoms with Crippen molar-refractivity contribution in [3.8, 4) is 0 Å². The van der Waals surface area contributed by atoms with E-state index in [1.807, 2.05) is 0 Å². The van der Waals surface area contributed by atoms with E-state index in [0.29, 0.717) is 13.0 Å². The van der Waals surface area contributed by atoms with Crippen LogP contribution < -0.4 is 5.32 Å². The van der Waals surface area contributed by atoms with Crippen molar-refractivity contribution in [2.24, 2.45) is 5.41 Å². The molecule has 0 bridgehead atoms. The van der Waals surface area contributed by atoms with Crippen molar-refractivity contribution < 1.29 is 14.4 Å². The third-order valence-electron chi connectivity index (χ3n) is 3.73. The Morgan fingerprint density at radius 2 is 2.16 bits per heavy atom. The number of carbonyl (C=O) groups is 3. The molecule has 0 radical (unpaired) electrons. The number of piperazine rings is 1. The van der Waals surface area contributed by atoms with Crippen molar-refractivity contribution >= 4 is 17.6 Å². The zero-order valence-corrected chi connectivity index (χ0v) is 11.2. The van der Waals surface area contributed by atoms with E-state index in [-0.39, 0.29) is 29.3 Å². The molecular formula is C14H18N2O3. The topological polar surface area (TPSA) is 66.5 Å². The van der Waals surface area contributed by atoms with E-state index in [2.05, 4.69) is 11.9 Å². The molecule has 1 atom stereocenters.